The summed E-state index contributed by atoms with van der Waals surface area (Å²) < 4.78 is 38.8. The smallest absolute Gasteiger partial charge is 0.367 e. The fourth-order valence-electron chi connectivity index (χ4n) is 15.0. The molecule has 4 aliphatic carbocycles. The molecule has 3 aliphatic heterocycles. The second-order valence-electron chi connectivity index (χ2n) is 26.6. The van der Waals surface area contributed by atoms with Gasteiger partial charge in [0.1, 0.15) is 37.9 Å². The van der Waals surface area contributed by atoms with Crippen LogP contribution in [0.5, 0.6) is 0 Å². The molecule has 0 saturated heterocycles. The van der Waals surface area contributed by atoms with Crippen LogP contribution in [-0.2, 0) is 79.6 Å². The van der Waals surface area contributed by atoms with Gasteiger partial charge >= 0.3 is 35.1 Å². The van der Waals surface area contributed by atoms with Crippen molar-refractivity contribution in [3.63, 3.8) is 0 Å². The van der Waals surface area contributed by atoms with E-state index < -0.39 is 75.3 Å². The first-order valence-electron chi connectivity index (χ1n) is 34.0. The zero-order valence-corrected chi connectivity index (χ0v) is 56.8. The predicted molar refractivity (Wildman–Crippen MR) is 394 cm³/mol. The van der Waals surface area contributed by atoms with Crippen LogP contribution in [0.2, 0.25) is 0 Å². The highest BCUT2D eigenvalue weighted by Crippen LogP contribution is 2.59. The van der Waals surface area contributed by atoms with Gasteiger partial charge in [0, 0.05) is 76.3 Å². The van der Waals surface area contributed by atoms with Gasteiger partial charge in [0.25, 0.3) is 0 Å². The van der Waals surface area contributed by atoms with Crippen molar-refractivity contribution in [2.45, 2.75) is 49.3 Å². The normalized spacial score (nSPS) is 18.5. The Balaban J connectivity index is 0.768. The number of hydrogen-bond acceptors (Lipinski definition) is 16. The van der Waals surface area contributed by atoms with Gasteiger partial charge in [-0.15, -0.1) is 23.1 Å². The first-order valence-corrected chi connectivity index (χ1v) is 35.7. The molecule has 0 saturated carbocycles. The number of carbonyl (C=O) groups excluding carboxylic acids is 8. The summed E-state index contributed by atoms with van der Waals surface area (Å²) in [6, 6.07) is 68.1. The Morgan fingerprint density at radius 2 is 0.760 bits per heavy atom. The number of allylic oxidation sites excluding steroid dienone is 8. The molecule has 1 aromatic heterocycles. The number of thioether (sulfide) groups is 1. The molecule has 104 heavy (non-hydrogen) atoms. The van der Waals surface area contributed by atoms with Crippen LogP contribution >= 0.6 is 23.1 Å². The van der Waals surface area contributed by atoms with E-state index in [0.717, 1.165) is 54.4 Å². The van der Waals surface area contributed by atoms with Crippen molar-refractivity contribution in [3.8, 4) is 0 Å². The minimum absolute atomic E-state index is 0.0246. The van der Waals surface area contributed by atoms with Crippen LogP contribution in [-0.4, -0.2) is 57.9 Å². The maximum absolute atomic E-state index is 15.6. The second kappa shape index (κ2) is 25.3. The second-order valence-corrected chi connectivity index (χ2v) is 28.9. The van der Waals surface area contributed by atoms with E-state index in [1.165, 1.54) is 17.8 Å². The van der Waals surface area contributed by atoms with Crippen LogP contribution < -0.4 is 0 Å². The lowest BCUT2D eigenvalue weighted by molar-refractivity contribution is -0.190. The maximum atomic E-state index is 15.6. The van der Waals surface area contributed by atoms with Gasteiger partial charge in [0.15, 0.2) is 23.1 Å². The number of rotatable bonds is 14. The number of benzene rings is 10. The third-order valence-electron chi connectivity index (χ3n) is 20.2. The number of hydrogen-bond donors (Lipinski definition) is 0. The van der Waals surface area contributed by atoms with Gasteiger partial charge in [-0.3, -0.25) is 19.2 Å². The third-order valence-corrected chi connectivity index (χ3v) is 22.6. The van der Waals surface area contributed by atoms with Gasteiger partial charge in [0.2, 0.25) is 0 Å². The van der Waals surface area contributed by atoms with Gasteiger partial charge in [-0.1, -0.05) is 188 Å². The van der Waals surface area contributed by atoms with Crippen molar-refractivity contribution in [2.24, 2.45) is 11.8 Å². The highest BCUT2D eigenvalue weighted by atomic mass is 32.2. The standard InChI is InChI=1S/C88H56O14S2/c89-77-65-33-57-29-53-25-13-14-26-54(53)30-58(57)34-66(65)78(90)71(77)41-63-43-73-81(103-63)69-37-62-40-76-70(38-61(62)39-75(69)101-87(73,83(93)97-45-49-17-5-1-6-18-49)84(94)98-46-50-19-7-2-8-20-50)82-74(88(102-76,85(95)99-47-51-21-9-3-10-22-51)86(96)100-48-52-23-11-4-12-24-52)44-64(104-82)42-72-79(91)67-35-59-31-55-27-15-16-28-56(55)32-60(59)36-68(67)80(72)92/h1-43,61-62,64H,44-48H2. The van der Waals surface area contributed by atoms with E-state index >= 15 is 19.2 Å². The molecular weight excluding hydrogens is 1350 g/mol. The van der Waals surface area contributed by atoms with Crippen LogP contribution in [0.15, 0.2) is 294 Å². The summed E-state index contributed by atoms with van der Waals surface area (Å²) >= 11 is 2.37. The predicted octanol–water partition coefficient (Wildman–Crippen LogP) is 16.9. The average Bonchev–Trinajstić information content (AvgIpc) is 1.36. The van der Waals surface area contributed by atoms with Gasteiger partial charge < -0.3 is 28.4 Å². The Hall–Kier alpha value is -12.4. The summed E-state index contributed by atoms with van der Waals surface area (Å²) in [5.74, 6) is -7.35. The molecule has 4 heterocycles. The van der Waals surface area contributed by atoms with Crippen molar-refractivity contribution >= 4 is 125 Å². The number of ether oxygens (including phenoxy) is 6. The zero-order chi connectivity index (χ0) is 70.5. The Morgan fingerprint density at radius 1 is 0.404 bits per heavy atom. The molecule has 0 N–H and O–H groups in total. The molecule has 0 radical (unpaired) electrons. The minimum Gasteiger partial charge on any atom is -0.460 e. The van der Waals surface area contributed by atoms with E-state index in [-0.39, 0.29) is 88.9 Å². The van der Waals surface area contributed by atoms with Crippen LogP contribution in [0.1, 0.15) is 85.4 Å². The number of carbonyl (C=O) groups is 8. The summed E-state index contributed by atoms with van der Waals surface area (Å²) in [7, 11) is 0. The lowest BCUT2D eigenvalue weighted by atomic mass is 9.75. The fourth-order valence-corrected chi connectivity index (χ4v) is 17.6. The number of esters is 4. The number of thiophene rings is 1. The lowest BCUT2D eigenvalue weighted by Crippen LogP contribution is -2.54. The van der Waals surface area contributed by atoms with Crippen molar-refractivity contribution < 1.29 is 66.8 Å². The topological polar surface area (TPSA) is 192 Å². The van der Waals surface area contributed by atoms with Crippen LogP contribution in [0.25, 0.3) is 54.7 Å². The highest BCUT2D eigenvalue weighted by Gasteiger charge is 2.63. The molecule has 504 valence electrons. The molecule has 7 aliphatic rings. The molecule has 0 bridgehead atoms. The van der Waals surface area contributed by atoms with E-state index in [1.807, 2.05) is 109 Å². The molecule has 0 spiro atoms. The largest absolute Gasteiger partial charge is 0.460 e. The van der Waals surface area contributed by atoms with Crippen LogP contribution in [0.4, 0.5) is 0 Å². The average molecular weight is 1400 g/mol. The van der Waals surface area contributed by atoms with Crippen molar-refractivity contribution in [1.29, 1.82) is 0 Å². The summed E-state index contributed by atoms with van der Waals surface area (Å²) in [6.07, 6.45) is 10.4. The molecule has 10 aromatic carbocycles. The zero-order valence-electron chi connectivity index (χ0n) is 55.1. The Labute approximate surface area is 602 Å². The van der Waals surface area contributed by atoms with Gasteiger partial charge in [-0.2, -0.15) is 0 Å². The molecule has 0 amide bonds. The lowest BCUT2D eigenvalue weighted by Gasteiger charge is -2.41. The minimum atomic E-state index is -2.65. The van der Waals surface area contributed by atoms with E-state index in [4.69, 9.17) is 28.4 Å². The van der Waals surface area contributed by atoms with Crippen molar-refractivity contribution in [2.75, 3.05) is 0 Å². The van der Waals surface area contributed by atoms with Gasteiger partial charge in [-0.05, 0) is 145 Å². The monoisotopic (exact) mass is 1400 g/mol. The fraction of sp³-hybridized carbons (Fsp3) is 0.114. The first kappa shape index (κ1) is 63.8. The summed E-state index contributed by atoms with van der Waals surface area (Å²) in [6.45, 7) is -1.02. The Kier molecular flexibility index (Phi) is 15.5. The highest BCUT2D eigenvalue weighted by molar-refractivity contribution is 8.04. The molecule has 18 rings (SSSR count). The maximum Gasteiger partial charge on any atom is 0.367 e. The number of fused-ring (bicyclic) bond motifs is 12. The quantitative estimate of drug-likeness (QED) is 0.0249. The SMILES string of the molecule is O=C1C(=Cc2cc3c(s2)C2=CC4C=C5OC(C(=O)OCc6ccccc6)(C(=O)OCc6ccccc6)C6=C(SC(C=C7C(=O)c8cc9cc%10ccccc%10cc9cc8C7=O)C6)C5=CC4C=C2OC3(C(=O)OCc2ccccc2)C(=O)OCc2ccccc2)C(=O)c2cc3cc4ccccc4cc3cc21. The Morgan fingerprint density at radius 3 is 1.17 bits per heavy atom. The molecule has 0 fully saturated rings. The molecule has 16 heteroatoms. The van der Waals surface area contributed by atoms with Gasteiger partial charge in [0.05, 0.1) is 11.1 Å². The molecule has 14 nitrogen and oxygen atoms in total. The van der Waals surface area contributed by atoms with Crippen LogP contribution in [0, 0.1) is 11.8 Å². The van der Waals surface area contributed by atoms with Crippen LogP contribution in [0.3, 0.4) is 0 Å². The molecular formula is C88H56O14S2. The first-order chi connectivity index (χ1) is 50.7. The molecule has 3 atom stereocenters. The summed E-state index contributed by atoms with van der Waals surface area (Å²) in [5, 5.41) is 6.30. The molecule has 3 unspecified atom stereocenters. The van der Waals surface area contributed by atoms with E-state index in [0.29, 0.717) is 48.1 Å². The van der Waals surface area contributed by atoms with Gasteiger partial charge in [-0.25, -0.2) is 19.2 Å². The third kappa shape index (κ3) is 10.8. The number of ketones is 4. The summed E-state index contributed by atoms with van der Waals surface area (Å²) in [5.41, 5.74) is -0.843. The summed E-state index contributed by atoms with van der Waals surface area (Å²) in [4.78, 5) is 122. The van der Waals surface area contributed by atoms with E-state index in [2.05, 4.69) is 0 Å². The van der Waals surface area contributed by atoms with Crippen molar-refractivity contribution in [1.82, 2.24) is 0 Å². The molecule has 11 aromatic rings. The number of Topliss-reactive ketones (excluding diaryl/α,β-unsaturated/α-hetero) is 4. The van der Waals surface area contributed by atoms with Crippen molar-refractivity contribution in [3.05, 3.63) is 353 Å². The van der Waals surface area contributed by atoms with E-state index in [1.54, 1.807) is 146 Å². The van der Waals surface area contributed by atoms with E-state index in [9.17, 15) is 19.2 Å². The Bertz CT molecular complexity index is 5610.